The van der Waals surface area contributed by atoms with Crippen molar-refractivity contribution >= 4 is 21.6 Å². The quantitative estimate of drug-likeness (QED) is 0.652. The molecule has 0 aliphatic carbocycles. The summed E-state index contributed by atoms with van der Waals surface area (Å²) in [5.74, 6) is 0.496. The molecular weight excluding hydrogens is 376 g/mol. The Labute approximate surface area is 167 Å². The van der Waals surface area contributed by atoms with Crippen LogP contribution in [0, 0.1) is 13.8 Å². The molecule has 6 nitrogen and oxygen atoms in total. The van der Waals surface area contributed by atoms with Gasteiger partial charge in [-0.2, -0.15) is 0 Å². The first-order chi connectivity index (χ1) is 13.2. The van der Waals surface area contributed by atoms with E-state index < -0.39 is 10.0 Å². The van der Waals surface area contributed by atoms with Gasteiger partial charge in [0, 0.05) is 6.54 Å². The lowest BCUT2D eigenvalue weighted by molar-refractivity contribution is -0.119. The first kappa shape index (κ1) is 21.8. The zero-order valence-corrected chi connectivity index (χ0v) is 17.7. The molecule has 2 aromatic carbocycles. The Balaban J connectivity index is 1.94. The Kier molecular flexibility index (Phi) is 7.45. The number of para-hydroxylation sites is 1. The SMILES string of the molecule is COc1ccccc1CCCNC(=O)CN(c1ccc(C)c(C)c1)S(C)(=O)=O. The van der Waals surface area contributed by atoms with Crippen LogP contribution < -0.4 is 14.4 Å². The number of nitrogens with zero attached hydrogens (tertiary/aromatic N) is 1. The highest BCUT2D eigenvalue weighted by atomic mass is 32.2. The van der Waals surface area contributed by atoms with Crippen molar-refractivity contribution in [1.82, 2.24) is 5.32 Å². The second-order valence-electron chi connectivity index (χ2n) is 6.80. The minimum absolute atomic E-state index is 0.240. The Hall–Kier alpha value is -2.54. The number of carbonyl (C=O) groups is 1. The number of nitrogens with one attached hydrogen (secondary N) is 1. The number of aryl methyl sites for hydroxylation is 3. The van der Waals surface area contributed by atoms with E-state index in [0.29, 0.717) is 12.2 Å². The summed E-state index contributed by atoms with van der Waals surface area (Å²) in [4.78, 5) is 12.3. The van der Waals surface area contributed by atoms with Crippen molar-refractivity contribution in [1.29, 1.82) is 0 Å². The van der Waals surface area contributed by atoms with Crippen LogP contribution in [0.15, 0.2) is 42.5 Å². The van der Waals surface area contributed by atoms with Gasteiger partial charge in [-0.05, 0) is 61.6 Å². The lowest BCUT2D eigenvalue weighted by Crippen LogP contribution is -2.40. The van der Waals surface area contributed by atoms with Crippen molar-refractivity contribution in [3.8, 4) is 5.75 Å². The fourth-order valence-electron chi connectivity index (χ4n) is 2.88. The van der Waals surface area contributed by atoms with E-state index in [1.165, 1.54) is 0 Å². The monoisotopic (exact) mass is 404 g/mol. The molecule has 0 saturated carbocycles. The molecule has 0 fully saturated rings. The highest BCUT2D eigenvalue weighted by Crippen LogP contribution is 2.21. The van der Waals surface area contributed by atoms with Crippen molar-refractivity contribution in [2.24, 2.45) is 0 Å². The standard InChI is InChI=1S/C21H28N2O4S/c1-16-11-12-19(14-17(16)2)23(28(4,25)26)15-21(24)22-13-7-9-18-8-5-6-10-20(18)27-3/h5-6,8,10-12,14H,7,9,13,15H2,1-4H3,(H,22,24). The number of benzene rings is 2. The molecule has 2 rings (SSSR count). The predicted molar refractivity (Wildman–Crippen MR) is 112 cm³/mol. The Bertz CT molecular complexity index is 926. The van der Waals surface area contributed by atoms with Crippen LogP contribution in [0.25, 0.3) is 0 Å². The highest BCUT2D eigenvalue weighted by molar-refractivity contribution is 7.92. The molecule has 7 heteroatoms. The average molecular weight is 405 g/mol. The largest absolute Gasteiger partial charge is 0.496 e. The third-order valence-corrected chi connectivity index (χ3v) is 5.74. The molecule has 152 valence electrons. The average Bonchev–Trinajstić information content (AvgIpc) is 2.65. The summed E-state index contributed by atoms with van der Waals surface area (Å²) in [6.45, 7) is 4.09. The van der Waals surface area contributed by atoms with Gasteiger partial charge >= 0.3 is 0 Å². The molecule has 1 N–H and O–H groups in total. The van der Waals surface area contributed by atoms with Crippen LogP contribution in [0.1, 0.15) is 23.1 Å². The van der Waals surface area contributed by atoms with Gasteiger partial charge in [-0.1, -0.05) is 24.3 Å². The van der Waals surface area contributed by atoms with Gasteiger partial charge in [0.1, 0.15) is 12.3 Å². The number of anilines is 1. The fraction of sp³-hybridized carbons (Fsp3) is 0.381. The minimum Gasteiger partial charge on any atom is -0.496 e. The summed E-state index contributed by atoms with van der Waals surface area (Å²) in [5.41, 5.74) is 3.61. The van der Waals surface area contributed by atoms with E-state index in [2.05, 4.69) is 5.32 Å². The van der Waals surface area contributed by atoms with Crippen LogP contribution in [0.3, 0.4) is 0 Å². The van der Waals surface area contributed by atoms with Gasteiger partial charge in [0.25, 0.3) is 0 Å². The van der Waals surface area contributed by atoms with E-state index in [1.54, 1.807) is 19.2 Å². The number of hydrogen-bond donors (Lipinski definition) is 1. The molecule has 28 heavy (non-hydrogen) atoms. The molecule has 0 bridgehead atoms. The van der Waals surface area contributed by atoms with Gasteiger partial charge in [-0.15, -0.1) is 0 Å². The lowest BCUT2D eigenvalue weighted by Gasteiger charge is -2.22. The summed E-state index contributed by atoms with van der Waals surface area (Å²) in [7, 11) is -1.94. The number of ether oxygens (including phenoxy) is 1. The smallest absolute Gasteiger partial charge is 0.240 e. The third-order valence-electron chi connectivity index (χ3n) is 4.60. The molecule has 0 aliphatic heterocycles. The van der Waals surface area contributed by atoms with Crippen molar-refractivity contribution in [2.45, 2.75) is 26.7 Å². The van der Waals surface area contributed by atoms with Crippen molar-refractivity contribution in [3.05, 3.63) is 59.2 Å². The maximum absolute atomic E-state index is 12.3. The second kappa shape index (κ2) is 9.59. The van der Waals surface area contributed by atoms with Crippen LogP contribution in [-0.4, -0.2) is 40.8 Å². The van der Waals surface area contributed by atoms with E-state index in [0.717, 1.165) is 45.8 Å². The molecule has 1 amide bonds. The van der Waals surface area contributed by atoms with E-state index in [-0.39, 0.29) is 12.5 Å². The highest BCUT2D eigenvalue weighted by Gasteiger charge is 2.21. The number of carbonyl (C=O) groups excluding carboxylic acids is 1. The topological polar surface area (TPSA) is 75.7 Å². The minimum atomic E-state index is -3.57. The molecule has 0 spiro atoms. The molecule has 0 atom stereocenters. The van der Waals surface area contributed by atoms with Crippen LogP contribution >= 0.6 is 0 Å². The number of rotatable bonds is 9. The zero-order valence-electron chi connectivity index (χ0n) is 16.9. The van der Waals surface area contributed by atoms with E-state index in [9.17, 15) is 13.2 Å². The van der Waals surface area contributed by atoms with Crippen molar-refractivity contribution < 1.29 is 17.9 Å². The lowest BCUT2D eigenvalue weighted by atomic mass is 10.1. The van der Waals surface area contributed by atoms with E-state index >= 15 is 0 Å². The molecule has 0 aliphatic rings. The van der Waals surface area contributed by atoms with Crippen LogP contribution in [-0.2, 0) is 21.2 Å². The first-order valence-corrected chi connectivity index (χ1v) is 11.0. The van der Waals surface area contributed by atoms with Gasteiger partial charge in [-0.3, -0.25) is 9.10 Å². The first-order valence-electron chi connectivity index (χ1n) is 9.16. The summed E-state index contributed by atoms with van der Waals surface area (Å²) in [6, 6.07) is 13.1. The van der Waals surface area contributed by atoms with Gasteiger partial charge < -0.3 is 10.1 Å². The number of amides is 1. The summed E-state index contributed by atoms with van der Waals surface area (Å²) < 4.78 is 30.8. The second-order valence-corrected chi connectivity index (χ2v) is 8.71. The van der Waals surface area contributed by atoms with E-state index in [1.807, 2.05) is 44.2 Å². The number of methoxy groups -OCH3 is 1. The molecule has 2 aromatic rings. The Morgan fingerprint density at radius 3 is 2.46 bits per heavy atom. The predicted octanol–water partition coefficient (Wildman–Crippen LogP) is 2.83. The third kappa shape index (κ3) is 5.99. The van der Waals surface area contributed by atoms with Crippen LogP contribution in [0.5, 0.6) is 5.75 Å². The molecule has 0 unspecified atom stereocenters. The van der Waals surface area contributed by atoms with Gasteiger partial charge in [0.15, 0.2) is 0 Å². The number of hydrogen-bond acceptors (Lipinski definition) is 4. The van der Waals surface area contributed by atoms with Crippen LogP contribution in [0.2, 0.25) is 0 Å². The summed E-state index contributed by atoms with van der Waals surface area (Å²) >= 11 is 0. The number of sulfonamides is 1. The molecule has 0 heterocycles. The van der Waals surface area contributed by atoms with Crippen LogP contribution in [0.4, 0.5) is 5.69 Å². The van der Waals surface area contributed by atoms with Crippen molar-refractivity contribution in [3.63, 3.8) is 0 Å². The summed E-state index contributed by atoms with van der Waals surface area (Å²) in [5, 5.41) is 2.80. The molecule has 0 aromatic heterocycles. The van der Waals surface area contributed by atoms with E-state index in [4.69, 9.17) is 4.74 Å². The molecule has 0 radical (unpaired) electrons. The van der Waals surface area contributed by atoms with Gasteiger partial charge in [0.2, 0.25) is 15.9 Å². The van der Waals surface area contributed by atoms with Crippen molar-refractivity contribution in [2.75, 3.05) is 30.8 Å². The fourth-order valence-corrected chi connectivity index (χ4v) is 3.73. The maximum Gasteiger partial charge on any atom is 0.240 e. The molecule has 0 saturated heterocycles. The van der Waals surface area contributed by atoms with Gasteiger partial charge in [-0.25, -0.2) is 8.42 Å². The molecular formula is C21H28N2O4S. The Morgan fingerprint density at radius 2 is 1.82 bits per heavy atom. The van der Waals surface area contributed by atoms with Gasteiger partial charge in [0.05, 0.1) is 19.1 Å². The maximum atomic E-state index is 12.3. The Morgan fingerprint density at radius 1 is 1.11 bits per heavy atom. The zero-order chi connectivity index (χ0) is 20.7. The summed E-state index contributed by atoms with van der Waals surface area (Å²) in [6.07, 6.45) is 2.60. The normalized spacial score (nSPS) is 11.1.